The summed E-state index contributed by atoms with van der Waals surface area (Å²) in [5, 5.41) is 15.3. The molecule has 152 valence electrons. The third-order valence-electron chi connectivity index (χ3n) is 5.24. The van der Waals surface area contributed by atoms with Crippen LogP contribution in [0.5, 0.6) is 0 Å². The molecule has 0 fully saturated rings. The molecular formula is C24H19FN6. The highest BCUT2D eigenvalue weighted by Crippen LogP contribution is 2.33. The number of rotatable bonds is 5. The van der Waals surface area contributed by atoms with Crippen molar-refractivity contribution in [1.29, 1.82) is 0 Å². The summed E-state index contributed by atoms with van der Waals surface area (Å²) in [7, 11) is 0. The van der Waals surface area contributed by atoms with Crippen LogP contribution < -0.4 is 0 Å². The zero-order valence-corrected chi connectivity index (χ0v) is 16.8. The largest absolute Gasteiger partial charge is 0.357 e. The van der Waals surface area contributed by atoms with Crippen molar-refractivity contribution in [2.24, 2.45) is 0 Å². The number of allylic oxidation sites excluding steroid dienone is 2. The number of H-pyrrole nitrogens is 3. The molecule has 0 aliphatic heterocycles. The number of aryl methyl sites for hydroxylation is 1. The molecule has 1 aromatic carbocycles. The zero-order valence-electron chi connectivity index (χ0n) is 16.8. The first-order valence-corrected chi connectivity index (χ1v) is 9.76. The predicted octanol–water partition coefficient (Wildman–Crippen LogP) is 5.41. The first kappa shape index (κ1) is 18.7. The van der Waals surface area contributed by atoms with Crippen molar-refractivity contribution < 1.29 is 4.39 Å². The fourth-order valence-electron chi connectivity index (χ4n) is 3.73. The van der Waals surface area contributed by atoms with E-state index in [2.05, 4.69) is 43.0 Å². The zero-order chi connectivity index (χ0) is 21.4. The lowest BCUT2D eigenvalue weighted by molar-refractivity contribution is 0.627. The Balaban J connectivity index is 1.61. The quantitative estimate of drug-likeness (QED) is 0.339. The van der Waals surface area contributed by atoms with Crippen LogP contribution in [-0.4, -0.2) is 30.4 Å². The summed E-state index contributed by atoms with van der Waals surface area (Å²) in [5.74, 6) is -0.266. The third kappa shape index (κ3) is 3.36. The minimum atomic E-state index is -0.266. The van der Waals surface area contributed by atoms with Crippen molar-refractivity contribution in [2.75, 3.05) is 0 Å². The molecule has 0 unspecified atom stereocenters. The Morgan fingerprint density at radius 1 is 1.13 bits per heavy atom. The van der Waals surface area contributed by atoms with E-state index in [1.807, 2.05) is 19.1 Å². The van der Waals surface area contributed by atoms with Crippen molar-refractivity contribution in [1.82, 2.24) is 30.4 Å². The van der Waals surface area contributed by atoms with E-state index < -0.39 is 0 Å². The van der Waals surface area contributed by atoms with Crippen LogP contribution in [0.15, 0.2) is 73.7 Å². The molecule has 0 aliphatic carbocycles. The van der Waals surface area contributed by atoms with Crippen molar-refractivity contribution in [3.8, 4) is 22.6 Å². The second-order valence-electron chi connectivity index (χ2n) is 7.22. The third-order valence-corrected chi connectivity index (χ3v) is 5.24. The lowest BCUT2D eigenvalue weighted by atomic mass is 9.97. The minimum Gasteiger partial charge on any atom is -0.357 e. The van der Waals surface area contributed by atoms with Gasteiger partial charge in [-0.2, -0.15) is 10.2 Å². The molecule has 0 amide bonds. The number of halogens is 1. The Morgan fingerprint density at radius 2 is 1.97 bits per heavy atom. The van der Waals surface area contributed by atoms with E-state index in [-0.39, 0.29) is 5.82 Å². The Labute approximate surface area is 177 Å². The molecule has 0 spiro atoms. The fraction of sp³-hybridized carbons (Fsp3) is 0.0417. The SMILES string of the molecule is C=C/C=C(/c1ccc(F)cc1)c1cc(-c2n[nH]c3cnc(-c4cn[nH]c4)cc23)[nH]c1C. The fourth-order valence-corrected chi connectivity index (χ4v) is 3.73. The number of aromatic nitrogens is 6. The molecule has 0 saturated heterocycles. The lowest BCUT2D eigenvalue weighted by Gasteiger charge is -2.07. The number of benzene rings is 1. The molecule has 5 rings (SSSR count). The molecule has 5 aromatic rings. The van der Waals surface area contributed by atoms with Crippen LogP contribution in [0.2, 0.25) is 0 Å². The molecule has 7 heteroatoms. The van der Waals surface area contributed by atoms with Crippen LogP contribution in [0.4, 0.5) is 4.39 Å². The van der Waals surface area contributed by atoms with E-state index in [4.69, 9.17) is 0 Å². The molecule has 31 heavy (non-hydrogen) atoms. The van der Waals surface area contributed by atoms with Gasteiger partial charge in [-0.3, -0.25) is 15.2 Å². The van der Waals surface area contributed by atoms with Gasteiger partial charge in [0.2, 0.25) is 0 Å². The highest BCUT2D eigenvalue weighted by atomic mass is 19.1. The number of nitrogens with zero attached hydrogens (tertiary/aromatic N) is 3. The Hall–Kier alpha value is -4.26. The van der Waals surface area contributed by atoms with Crippen LogP contribution in [0.25, 0.3) is 39.1 Å². The number of hydrogen-bond donors (Lipinski definition) is 3. The second-order valence-corrected chi connectivity index (χ2v) is 7.22. The second kappa shape index (κ2) is 7.53. The first-order chi connectivity index (χ1) is 15.1. The van der Waals surface area contributed by atoms with Gasteiger partial charge in [-0.25, -0.2) is 4.39 Å². The number of fused-ring (bicyclic) bond motifs is 1. The lowest BCUT2D eigenvalue weighted by Crippen LogP contribution is -1.89. The molecule has 0 saturated carbocycles. The van der Waals surface area contributed by atoms with Crippen molar-refractivity contribution >= 4 is 16.5 Å². The maximum absolute atomic E-state index is 13.4. The first-order valence-electron chi connectivity index (χ1n) is 9.76. The molecule has 3 N–H and O–H groups in total. The van der Waals surface area contributed by atoms with Crippen LogP contribution >= 0.6 is 0 Å². The van der Waals surface area contributed by atoms with E-state index in [1.165, 1.54) is 12.1 Å². The molecule has 0 bridgehead atoms. The summed E-state index contributed by atoms with van der Waals surface area (Å²) < 4.78 is 13.4. The molecular weight excluding hydrogens is 391 g/mol. The molecule has 0 radical (unpaired) electrons. The maximum atomic E-state index is 13.4. The van der Waals surface area contributed by atoms with Gasteiger partial charge >= 0.3 is 0 Å². The van der Waals surface area contributed by atoms with Gasteiger partial charge in [-0.1, -0.05) is 30.9 Å². The molecule has 0 atom stereocenters. The average molecular weight is 410 g/mol. The van der Waals surface area contributed by atoms with E-state index in [0.29, 0.717) is 0 Å². The maximum Gasteiger partial charge on any atom is 0.123 e. The number of hydrogen-bond acceptors (Lipinski definition) is 3. The minimum absolute atomic E-state index is 0.266. The van der Waals surface area contributed by atoms with Gasteiger partial charge in [-0.05, 0) is 42.3 Å². The van der Waals surface area contributed by atoms with E-state index in [9.17, 15) is 4.39 Å². The summed E-state index contributed by atoms with van der Waals surface area (Å²) in [4.78, 5) is 7.93. The molecule has 6 nitrogen and oxygen atoms in total. The van der Waals surface area contributed by atoms with Gasteiger partial charge in [0, 0.05) is 28.4 Å². The molecule has 4 heterocycles. The van der Waals surface area contributed by atoms with Gasteiger partial charge in [0.1, 0.15) is 11.5 Å². The Bertz CT molecular complexity index is 1400. The Morgan fingerprint density at radius 3 is 2.71 bits per heavy atom. The standard InChI is InChI=1S/C24H19FN6/c1-3-4-18(15-5-7-17(25)8-6-15)19-9-22(29-14(19)2)24-20-10-21(16-11-27-28-12-16)26-13-23(20)30-31-24/h3-13,29H,1H2,2H3,(H,27,28)(H,30,31)/b18-4-. The number of pyridine rings is 1. The van der Waals surface area contributed by atoms with Crippen LogP contribution in [0.1, 0.15) is 16.8 Å². The van der Waals surface area contributed by atoms with Crippen LogP contribution in [-0.2, 0) is 0 Å². The molecule has 0 aliphatic rings. The van der Waals surface area contributed by atoms with Gasteiger partial charge in [0.15, 0.2) is 0 Å². The number of aromatic amines is 3. The smallest absolute Gasteiger partial charge is 0.123 e. The van der Waals surface area contributed by atoms with Crippen molar-refractivity contribution in [3.63, 3.8) is 0 Å². The highest BCUT2D eigenvalue weighted by Gasteiger charge is 2.17. The topological polar surface area (TPSA) is 86.0 Å². The van der Waals surface area contributed by atoms with Gasteiger partial charge in [0.25, 0.3) is 0 Å². The van der Waals surface area contributed by atoms with Crippen LogP contribution in [0, 0.1) is 12.7 Å². The summed E-state index contributed by atoms with van der Waals surface area (Å²) in [6, 6.07) is 10.5. The molecule has 4 aromatic heterocycles. The normalized spacial score (nSPS) is 11.9. The average Bonchev–Trinajstić information content (AvgIpc) is 3.52. The summed E-state index contributed by atoms with van der Waals surface area (Å²) >= 11 is 0. The highest BCUT2D eigenvalue weighted by molar-refractivity contribution is 5.95. The summed E-state index contributed by atoms with van der Waals surface area (Å²) in [6.45, 7) is 5.84. The van der Waals surface area contributed by atoms with Crippen LogP contribution in [0.3, 0.4) is 0 Å². The van der Waals surface area contributed by atoms with Gasteiger partial charge in [-0.15, -0.1) is 0 Å². The van der Waals surface area contributed by atoms with Crippen molar-refractivity contribution in [2.45, 2.75) is 6.92 Å². The monoisotopic (exact) mass is 410 g/mol. The summed E-state index contributed by atoms with van der Waals surface area (Å²) in [6.07, 6.45) is 8.97. The van der Waals surface area contributed by atoms with E-state index in [1.54, 1.807) is 36.8 Å². The van der Waals surface area contributed by atoms with Crippen molar-refractivity contribution in [3.05, 3.63) is 96.4 Å². The Kier molecular flexibility index (Phi) is 4.55. The predicted molar refractivity (Wildman–Crippen MR) is 120 cm³/mol. The van der Waals surface area contributed by atoms with Gasteiger partial charge < -0.3 is 4.98 Å². The van der Waals surface area contributed by atoms with Gasteiger partial charge in [0.05, 0.1) is 29.3 Å². The van der Waals surface area contributed by atoms with E-state index >= 15 is 0 Å². The number of nitrogens with one attached hydrogen (secondary N) is 3. The van der Waals surface area contributed by atoms with E-state index in [0.717, 1.165) is 55.9 Å². The summed E-state index contributed by atoms with van der Waals surface area (Å²) in [5.41, 5.74) is 8.08.